The van der Waals surface area contributed by atoms with Crippen molar-refractivity contribution in [1.82, 2.24) is 4.90 Å². The zero-order valence-corrected chi connectivity index (χ0v) is 10.5. The first kappa shape index (κ1) is 11.5. The Labute approximate surface area is 103 Å². The van der Waals surface area contributed by atoms with Gasteiger partial charge in [0.05, 0.1) is 0 Å². The molecular weight excluding hydrogens is 270 g/mol. The van der Waals surface area contributed by atoms with Crippen molar-refractivity contribution in [2.75, 3.05) is 13.1 Å². The largest absolute Gasteiger partial charge is 0.465 e. The molecule has 0 radical (unpaired) electrons. The van der Waals surface area contributed by atoms with Gasteiger partial charge in [-0.1, -0.05) is 28.1 Å². The van der Waals surface area contributed by atoms with Gasteiger partial charge >= 0.3 is 6.09 Å². The van der Waals surface area contributed by atoms with Gasteiger partial charge in [-0.05, 0) is 30.5 Å². The predicted octanol–water partition coefficient (Wildman–Crippen LogP) is 3.31. The molecule has 2 rings (SSSR count). The topological polar surface area (TPSA) is 40.5 Å². The molecule has 1 aromatic carbocycles. The van der Waals surface area contributed by atoms with Crippen LogP contribution in [0.25, 0.3) is 0 Å². The normalized spacial score (nSPS) is 20.8. The standard InChI is InChI=1S/C12H14BrNO2/c13-11-5-3-9(4-6-11)10-2-1-7-14(8-10)12(15)16/h3-6,10H,1-2,7-8H2,(H,15,16). The van der Waals surface area contributed by atoms with Crippen LogP contribution in [0.1, 0.15) is 24.3 Å². The first-order valence-corrected chi connectivity index (χ1v) is 6.19. The molecule has 1 atom stereocenters. The summed E-state index contributed by atoms with van der Waals surface area (Å²) in [5.41, 5.74) is 1.23. The van der Waals surface area contributed by atoms with E-state index in [2.05, 4.69) is 28.1 Å². The third kappa shape index (κ3) is 2.55. The summed E-state index contributed by atoms with van der Waals surface area (Å²) in [7, 11) is 0. The van der Waals surface area contributed by atoms with E-state index in [0.29, 0.717) is 19.0 Å². The smallest absolute Gasteiger partial charge is 0.407 e. The second-order valence-corrected chi connectivity index (χ2v) is 5.03. The maximum atomic E-state index is 10.9. The summed E-state index contributed by atoms with van der Waals surface area (Å²) in [5.74, 6) is 0.345. The molecular formula is C12H14BrNO2. The lowest BCUT2D eigenvalue weighted by Gasteiger charge is -2.30. The van der Waals surface area contributed by atoms with Crippen LogP contribution >= 0.6 is 15.9 Å². The highest BCUT2D eigenvalue weighted by Gasteiger charge is 2.23. The summed E-state index contributed by atoms with van der Waals surface area (Å²) in [6.45, 7) is 1.29. The molecule has 1 aromatic rings. The quantitative estimate of drug-likeness (QED) is 0.859. The van der Waals surface area contributed by atoms with Gasteiger partial charge in [0, 0.05) is 23.5 Å². The number of halogens is 1. The molecule has 3 nitrogen and oxygen atoms in total. The minimum Gasteiger partial charge on any atom is -0.465 e. The Morgan fingerprint density at radius 3 is 2.69 bits per heavy atom. The first-order chi connectivity index (χ1) is 7.66. The van der Waals surface area contributed by atoms with Crippen LogP contribution in [-0.2, 0) is 0 Å². The highest BCUT2D eigenvalue weighted by atomic mass is 79.9. The van der Waals surface area contributed by atoms with Gasteiger partial charge in [-0.25, -0.2) is 4.79 Å². The highest BCUT2D eigenvalue weighted by Crippen LogP contribution is 2.27. The lowest BCUT2D eigenvalue weighted by atomic mass is 9.91. The number of benzene rings is 1. The fourth-order valence-electron chi connectivity index (χ4n) is 2.16. The molecule has 1 saturated heterocycles. The van der Waals surface area contributed by atoms with E-state index in [4.69, 9.17) is 5.11 Å². The number of hydrogen-bond acceptors (Lipinski definition) is 1. The van der Waals surface area contributed by atoms with Crippen molar-refractivity contribution in [2.45, 2.75) is 18.8 Å². The van der Waals surface area contributed by atoms with Crippen LogP contribution in [0.5, 0.6) is 0 Å². The zero-order valence-electron chi connectivity index (χ0n) is 8.90. The Morgan fingerprint density at radius 2 is 2.06 bits per heavy atom. The fraction of sp³-hybridized carbons (Fsp3) is 0.417. The van der Waals surface area contributed by atoms with E-state index in [1.807, 2.05) is 12.1 Å². The number of likely N-dealkylation sites (tertiary alicyclic amines) is 1. The lowest BCUT2D eigenvalue weighted by Crippen LogP contribution is -2.38. The Morgan fingerprint density at radius 1 is 1.38 bits per heavy atom. The molecule has 0 bridgehead atoms. The van der Waals surface area contributed by atoms with E-state index in [9.17, 15) is 4.79 Å². The molecule has 86 valence electrons. The number of amides is 1. The molecule has 4 heteroatoms. The Hall–Kier alpha value is -1.03. The number of carbonyl (C=O) groups is 1. The first-order valence-electron chi connectivity index (χ1n) is 5.40. The maximum Gasteiger partial charge on any atom is 0.407 e. The molecule has 1 heterocycles. The minimum absolute atomic E-state index is 0.345. The van der Waals surface area contributed by atoms with E-state index in [1.54, 1.807) is 0 Å². The van der Waals surface area contributed by atoms with Crippen LogP contribution in [0, 0.1) is 0 Å². The van der Waals surface area contributed by atoms with Crippen molar-refractivity contribution in [1.29, 1.82) is 0 Å². The maximum absolute atomic E-state index is 10.9. The molecule has 16 heavy (non-hydrogen) atoms. The molecule has 0 saturated carbocycles. The Balaban J connectivity index is 2.09. The van der Waals surface area contributed by atoms with E-state index < -0.39 is 6.09 Å². The van der Waals surface area contributed by atoms with Gasteiger partial charge in [-0.3, -0.25) is 0 Å². The highest BCUT2D eigenvalue weighted by molar-refractivity contribution is 9.10. The molecule has 0 spiro atoms. The Kier molecular flexibility index (Phi) is 3.49. The number of hydrogen-bond donors (Lipinski definition) is 1. The number of nitrogens with zero attached hydrogens (tertiary/aromatic N) is 1. The van der Waals surface area contributed by atoms with Crippen molar-refractivity contribution < 1.29 is 9.90 Å². The molecule has 1 N–H and O–H groups in total. The number of carboxylic acid groups (broad SMARTS) is 1. The van der Waals surface area contributed by atoms with Crippen LogP contribution in [-0.4, -0.2) is 29.2 Å². The van der Waals surface area contributed by atoms with Gasteiger partial charge in [0.2, 0.25) is 0 Å². The van der Waals surface area contributed by atoms with Gasteiger partial charge in [0.25, 0.3) is 0 Å². The van der Waals surface area contributed by atoms with Crippen molar-refractivity contribution in [2.24, 2.45) is 0 Å². The van der Waals surface area contributed by atoms with Crippen LogP contribution in [0.4, 0.5) is 4.79 Å². The lowest BCUT2D eigenvalue weighted by molar-refractivity contribution is 0.130. The third-order valence-corrected chi connectivity index (χ3v) is 3.56. The Bertz CT molecular complexity index is 377. The summed E-state index contributed by atoms with van der Waals surface area (Å²) in [5, 5.41) is 8.97. The summed E-state index contributed by atoms with van der Waals surface area (Å²) in [6.07, 6.45) is 1.22. The summed E-state index contributed by atoms with van der Waals surface area (Å²) < 4.78 is 1.06. The monoisotopic (exact) mass is 283 g/mol. The van der Waals surface area contributed by atoms with Gasteiger partial charge in [-0.15, -0.1) is 0 Å². The third-order valence-electron chi connectivity index (χ3n) is 3.03. The second kappa shape index (κ2) is 4.87. The van der Waals surface area contributed by atoms with Gasteiger partial charge in [0.1, 0.15) is 0 Å². The molecule has 0 aliphatic carbocycles. The summed E-state index contributed by atoms with van der Waals surface area (Å²) in [6, 6.07) is 8.16. The van der Waals surface area contributed by atoms with E-state index in [-0.39, 0.29) is 0 Å². The van der Waals surface area contributed by atoms with Crippen molar-refractivity contribution in [3.05, 3.63) is 34.3 Å². The predicted molar refractivity (Wildman–Crippen MR) is 65.7 cm³/mol. The molecule has 0 aromatic heterocycles. The molecule has 1 unspecified atom stereocenters. The van der Waals surface area contributed by atoms with Crippen molar-refractivity contribution >= 4 is 22.0 Å². The van der Waals surface area contributed by atoms with E-state index >= 15 is 0 Å². The van der Waals surface area contributed by atoms with Crippen molar-refractivity contribution in [3.63, 3.8) is 0 Å². The van der Waals surface area contributed by atoms with Gasteiger partial charge < -0.3 is 10.0 Å². The van der Waals surface area contributed by atoms with E-state index in [0.717, 1.165) is 17.3 Å². The minimum atomic E-state index is -0.804. The summed E-state index contributed by atoms with van der Waals surface area (Å²) >= 11 is 3.40. The van der Waals surface area contributed by atoms with E-state index in [1.165, 1.54) is 10.5 Å². The average molecular weight is 284 g/mol. The molecule has 1 amide bonds. The van der Waals surface area contributed by atoms with Gasteiger partial charge in [0.15, 0.2) is 0 Å². The van der Waals surface area contributed by atoms with Crippen LogP contribution < -0.4 is 0 Å². The van der Waals surface area contributed by atoms with Crippen LogP contribution in [0.3, 0.4) is 0 Å². The SMILES string of the molecule is O=C(O)N1CCCC(c2ccc(Br)cc2)C1. The molecule has 1 aliphatic heterocycles. The van der Waals surface area contributed by atoms with Crippen LogP contribution in [0.2, 0.25) is 0 Å². The molecule has 1 aliphatic rings. The van der Waals surface area contributed by atoms with Crippen LogP contribution in [0.15, 0.2) is 28.7 Å². The summed E-state index contributed by atoms with van der Waals surface area (Å²) in [4.78, 5) is 12.4. The second-order valence-electron chi connectivity index (χ2n) is 4.12. The number of rotatable bonds is 1. The zero-order chi connectivity index (χ0) is 11.5. The average Bonchev–Trinajstić information content (AvgIpc) is 2.30. The van der Waals surface area contributed by atoms with Crippen molar-refractivity contribution in [3.8, 4) is 0 Å². The fourth-order valence-corrected chi connectivity index (χ4v) is 2.42. The molecule has 1 fully saturated rings. The van der Waals surface area contributed by atoms with Gasteiger partial charge in [-0.2, -0.15) is 0 Å². The number of piperidine rings is 1.